The molecule has 2 N–H and O–H groups in total. The number of halogens is 3. The van der Waals surface area contributed by atoms with Gasteiger partial charge < -0.3 is 10.6 Å². The second-order valence-electron chi connectivity index (χ2n) is 6.03. The van der Waals surface area contributed by atoms with Gasteiger partial charge in [0, 0.05) is 17.9 Å². The van der Waals surface area contributed by atoms with Crippen LogP contribution in [0.15, 0.2) is 30.3 Å². The topological polar surface area (TPSA) is 66.9 Å². The van der Waals surface area contributed by atoms with E-state index in [-0.39, 0.29) is 11.4 Å². The monoisotopic (exact) mass is 352 g/mol. The van der Waals surface area contributed by atoms with Crippen LogP contribution in [0.2, 0.25) is 0 Å². The third kappa shape index (κ3) is 5.44. The Morgan fingerprint density at radius 1 is 1.20 bits per heavy atom. The summed E-state index contributed by atoms with van der Waals surface area (Å²) >= 11 is 0. The van der Waals surface area contributed by atoms with Crippen LogP contribution in [0, 0.1) is 12.8 Å². The minimum Gasteiger partial charge on any atom is -0.354 e. The molecule has 0 aliphatic carbocycles. The number of benzene rings is 1. The molecule has 0 saturated carbocycles. The lowest BCUT2D eigenvalue weighted by Crippen LogP contribution is -2.18. The summed E-state index contributed by atoms with van der Waals surface area (Å²) in [7, 11) is 0. The first-order valence-electron chi connectivity index (χ1n) is 7.73. The Bertz CT molecular complexity index is 760. The molecule has 2 aromatic rings. The molecule has 1 aromatic heterocycles. The molecule has 0 atom stereocenters. The van der Waals surface area contributed by atoms with Crippen molar-refractivity contribution in [3.63, 3.8) is 0 Å². The minimum atomic E-state index is -4.47. The predicted molar refractivity (Wildman–Crippen MR) is 89.5 cm³/mol. The molecule has 0 unspecified atom stereocenters. The molecule has 0 fully saturated rings. The van der Waals surface area contributed by atoms with Crippen LogP contribution in [0.25, 0.3) is 0 Å². The number of aromatic nitrogens is 2. The lowest BCUT2D eigenvalue weighted by atomic mass is 10.2. The average Bonchev–Trinajstić information content (AvgIpc) is 2.52. The molecule has 1 amide bonds. The van der Waals surface area contributed by atoms with Gasteiger partial charge in [0.1, 0.15) is 5.69 Å². The number of alkyl halides is 3. The number of carbonyl (C=O) groups excluding carboxylic acids is 1. The Hall–Kier alpha value is -2.64. The van der Waals surface area contributed by atoms with E-state index in [1.54, 1.807) is 6.92 Å². The molecule has 0 aliphatic heterocycles. The fourth-order valence-electron chi connectivity index (χ4n) is 2.03. The molecule has 0 saturated heterocycles. The molecule has 8 heteroatoms. The minimum absolute atomic E-state index is 0.0489. The van der Waals surface area contributed by atoms with Gasteiger partial charge in [-0.1, -0.05) is 19.9 Å². The van der Waals surface area contributed by atoms with Crippen LogP contribution in [0.1, 0.15) is 35.6 Å². The van der Waals surface area contributed by atoms with Crippen molar-refractivity contribution in [3.05, 3.63) is 47.3 Å². The van der Waals surface area contributed by atoms with E-state index >= 15 is 0 Å². The van der Waals surface area contributed by atoms with E-state index in [2.05, 4.69) is 20.6 Å². The SMILES string of the molecule is Cc1cc(C(=O)Nc2cccc(C(F)(F)F)c2)nc(NCC(C)C)n1. The lowest BCUT2D eigenvalue weighted by molar-refractivity contribution is -0.137. The second kappa shape index (κ2) is 7.50. The fraction of sp³-hybridized carbons (Fsp3) is 0.353. The Morgan fingerprint density at radius 3 is 2.56 bits per heavy atom. The van der Waals surface area contributed by atoms with Gasteiger partial charge in [-0.25, -0.2) is 9.97 Å². The van der Waals surface area contributed by atoms with E-state index in [0.29, 0.717) is 24.1 Å². The summed E-state index contributed by atoms with van der Waals surface area (Å²) in [5, 5.41) is 5.46. The molecule has 0 bridgehead atoms. The maximum atomic E-state index is 12.7. The Morgan fingerprint density at radius 2 is 1.92 bits per heavy atom. The number of hydrogen-bond acceptors (Lipinski definition) is 4. The van der Waals surface area contributed by atoms with Crippen molar-refractivity contribution in [1.29, 1.82) is 0 Å². The van der Waals surface area contributed by atoms with Crippen LogP contribution in [-0.2, 0) is 6.18 Å². The Balaban J connectivity index is 2.18. The molecule has 0 radical (unpaired) electrons. The van der Waals surface area contributed by atoms with E-state index in [1.807, 2.05) is 13.8 Å². The maximum Gasteiger partial charge on any atom is 0.416 e. The number of nitrogens with zero attached hydrogens (tertiary/aromatic N) is 2. The van der Waals surface area contributed by atoms with Gasteiger partial charge >= 0.3 is 6.18 Å². The summed E-state index contributed by atoms with van der Waals surface area (Å²) in [6, 6.07) is 5.92. The van der Waals surface area contributed by atoms with Gasteiger partial charge in [0.2, 0.25) is 5.95 Å². The zero-order valence-corrected chi connectivity index (χ0v) is 14.1. The summed E-state index contributed by atoms with van der Waals surface area (Å²) in [6.45, 7) is 6.38. The number of carbonyl (C=O) groups is 1. The molecular weight excluding hydrogens is 333 g/mol. The van der Waals surface area contributed by atoms with Crippen molar-refractivity contribution < 1.29 is 18.0 Å². The van der Waals surface area contributed by atoms with Gasteiger partial charge in [0.05, 0.1) is 5.56 Å². The smallest absolute Gasteiger partial charge is 0.354 e. The van der Waals surface area contributed by atoms with E-state index < -0.39 is 17.6 Å². The van der Waals surface area contributed by atoms with Gasteiger partial charge in [0.25, 0.3) is 5.91 Å². The summed E-state index contributed by atoms with van der Waals surface area (Å²) in [5.74, 6) is 0.0758. The number of anilines is 2. The highest BCUT2D eigenvalue weighted by Crippen LogP contribution is 2.30. The standard InChI is InChI=1S/C17H19F3N4O/c1-10(2)9-21-16-22-11(3)7-14(24-16)15(25)23-13-6-4-5-12(8-13)17(18,19)20/h4-8,10H,9H2,1-3H3,(H,23,25)(H,21,22,24). The highest BCUT2D eigenvalue weighted by molar-refractivity contribution is 6.03. The first-order valence-corrected chi connectivity index (χ1v) is 7.73. The highest BCUT2D eigenvalue weighted by atomic mass is 19.4. The molecule has 0 spiro atoms. The maximum absolute atomic E-state index is 12.7. The van der Waals surface area contributed by atoms with Gasteiger partial charge in [-0.2, -0.15) is 13.2 Å². The Kier molecular flexibility index (Phi) is 5.61. The van der Waals surface area contributed by atoms with Crippen LogP contribution < -0.4 is 10.6 Å². The Labute approximate surface area is 143 Å². The zero-order valence-electron chi connectivity index (χ0n) is 14.1. The lowest BCUT2D eigenvalue weighted by Gasteiger charge is -2.11. The fourth-order valence-corrected chi connectivity index (χ4v) is 2.03. The average molecular weight is 352 g/mol. The first-order chi connectivity index (χ1) is 11.6. The predicted octanol–water partition coefficient (Wildman–Crippen LogP) is 4.12. The molecule has 5 nitrogen and oxygen atoms in total. The van der Waals surface area contributed by atoms with Crippen LogP contribution >= 0.6 is 0 Å². The van der Waals surface area contributed by atoms with E-state index in [9.17, 15) is 18.0 Å². The molecule has 2 rings (SSSR count). The molecule has 1 heterocycles. The number of rotatable bonds is 5. The molecular formula is C17H19F3N4O. The third-order valence-corrected chi connectivity index (χ3v) is 3.20. The van der Waals surface area contributed by atoms with Crippen LogP contribution in [-0.4, -0.2) is 22.4 Å². The van der Waals surface area contributed by atoms with E-state index in [1.165, 1.54) is 18.2 Å². The van der Waals surface area contributed by atoms with Crippen molar-refractivity contribution in [2.45, 2.75) is 26.9 Å². The highest BCUT2D eigenvalue weighted by Gasteiger charge is 2.30. The van der Waals surface area contributed by atoms with Crippen molar-refractivity contribution in [3.8, 4) is 0 Å². The van der Waals surface area contributed by atoms with Crippen molar-refractivity contribution in [2.24, 2.45) is 5.92 Å². The number of amides is 1. The van der Waals surface area contributed by atoms with Crippen LogP contribution in [0.5, 0.6) is 0 Å². The van der Waals surface area contributed by atoms with Gasteiger partial charge in [0.15, 0.2) is 0 Å². The summed E-state index contributed by atoms with van der Waals surface area (Å²) in [4.78, 5) is 20.6. The molecule has 134 valence electrons. The van der Waals surface area contributed by atoms with E-state index in [4.69, 9.17) is 0 Å². The molecule has 0 aliphatic rings. The van der Waals surface area contributed by atoms with Crippen LogP contribution in [0.4, 0.5) is 24.8 Å². The van der Waals surface area contributed by atoms with Crippen LogP contribution in [0.3, 0.4) is 0 Å². The summed E-state index contributed by atoms with van der Waals surface area (Å²) < 4.78 is 38.2. The molecule has 25 heavy (non-hydrogen) atoms. The van der Waals surface area contributed by atoms with Gasteiger partial charge in [-0.05, 0) is 37.1 Å². The van der Waals surface area contributed by atoms with Crippen molar-refractivity contribution in [1.82, 2.24) is 9.97 Å². The van der Waals surface area contributed by atoms with Gasteiger partial charge in [-0.15, -0.1) is 0 Å². The quantitative estimate of drug-likeness (QED) is 0.849. The van der Waals surface area contributed by atoms with Crippen molar-refractivity contribution in [2.75, 3.05) is 17.2 Å². The first kappa shape index (κ1) is 18.7. The van der Waals surface area contributed by atoms with E-state index in [0.717, 1.165) is 12.1 Å². The number of aryl methyl sites for hydroxylation is 1. The van der Waals surface area contributed by atoms with Crippen molar-refractivity contribution >= 4 is 17.5 Å². The zero-order chi connectivity index (χ0) is 18.6. The number of nitrogens with one attached hydrogen (secondary N) is 2. The third-order valence-electron chi connectivity index (χ3n) is 3.20. The second-order valence-corrected chi connectivity index (χ2v) is 6.03. The molecule has 1 aromatic carbocycles. The summed E-state index contributed by atoms with van der Waals surface area (Å²) in [6.07, 6.45) is -4.47. The largest absolute Gasteiger partial charge is 0.416 e. The normalized spacial score (nSPS) is 11.5. The van der Waals surface area contributed by atoms with Gasteiger partial charge in [-0.3, -0.25) is 4.79 Å². The number of hydrogen-bond donors (Lipinski definition) is 2. The summed E-state index contributed by atoms with van der Waals surface area (Å²) in [5.41, 5.74) is -0.122.